The van der Waals surface area contributed by atoms with E-state index in [0.717, 1.165) is 31.4 Å². The summed E-state index contributed by atoms with van der Waals surface area (Å²) in [5, 5.41) is 2.60. The molecule has 0 heterocycles. The Labute approximate surface area is 132 Å². The minimum Gasteiger partial charge on any atom is -0.467 e. The number of carbonyl (C=O) groups excluding carboxylic acids is 2. The Kier molecular flexibility index (Phi) is 4.97. The summed E-state index contributed by atoms with van der Waals surface area (Å²) in [7, 11) is 1.23. The van der Waals surface area contributed by atoms with Gasteiger partial charge in [0.1, 0.15) is 5.54 Å². The van der Waals surface area contributed by atoms with Crippen LogP contribution in [0, 0.1) is 0 Å². The van der Waals surface area contributed by atoms with Crippen molar-refractivity contribution in [3.8, 4) is 0 Å². The molecule has 1 amide bonds. The Morgan fingerprint density at radius 1 is 1.17 bits per heavy atom. The van der Waals surface area contributed by atoms with E-state index < -0.39 is 29.2 Å². The van der Waals surface area contributed by atoms with Gasteiger partial charge in [-0.3, -0.25) is 4.79 Å². The van der Waals surface area contributed by atoms with Crippen molar-refractivity contribution < 1.29 is 27.5 Å². The lowest BCUT2D eigenvalue weighted by Gasteiger charge is -2.35. The van der Waals surface area contributed by atoms with Gasteiger partial charge < -0.3 is 10.1 Å². The summed E-state index contributed by atoms with van der Waals surface area (Å²) in [6.07, 6.45) is -1.25. The van der Waals surface area contributed by atoms with Crippen molar-refractivity contribution >= 4 is 11.9 Å². The Morgan fingerprint density at radius 2 is 1.83 bits per heavy atom. The number of ether oxygens (including phenoxy) is 1. The predicted octanol–water partition coefficient (Wildman–Crippen LogP) is 3.31. The molecule has 1 fully saturated rings. The second-order valence-corrected chi connectivity index (χ2v) is 5.67. The van der Waals surface area contributed by atoms with E-state index in [0.29, 0.717) is 12.8 Å². The van der Waals surface area contributed by atoms with Gasteiger partial charge in [-0.25, -0.2) is 4.79 Å². The SMILES string of the molecule is COC(=O)C1(NC(=O)c2cccc(C(F)(F)F)c2)CCCCC1. The summed E-state index contributed by atoms with van der Waals surface area (Å²) in [6.45, 7) is 0. The van der Waals surface area contributed by atoms with Gasteiger partial charge >= 0.3 is 12.1 Å². The monoisotopic (exact) mass is 329 g/mol. The molecule has 0 aliphatic heterocycles. The highest BCUT2D eigenvalue weighted by atomic mass is 19.4. The second-order valence-electron chi connectivity index (χ2n) is 5.67. The molecule has 0 bridgehead atoms. The van der Waals surface area contributed by atoms with E-state index >= 15 is 0 Å². The van der Waals surface area contributed by atoms with Gasteiger partial charge in [0.25, 0.3) is 5.91 Å². The Balaban J connectivity index is 2.24. The van der Waals surface area contributed by atoms with E-state index in [9.17, 15) is 22.8 Å². The average Bonchev–Trinajstić information content (AvgIpc) is 2.54. The summed E-state index contributed by atoms with van der Waals surface area (Å²) >= 11 is 0. The zero-order valence-electron chi connectivity index (χ0n) is 12.7. The summed E-state index contributed by atoms with van der Waals surface area (Å²) in [5.41, 5.74) is -2.19. The van der Waals surface area contributed by atoms with Crippen LogP contribution in [-0.2, 0) is 15.7 Å². The van der Waals surface area contributed by atoms with Crippen LogP contribution in [0.5, 0.6) is 0 Å². The minimum absolute atomic E-state index is 0.131. The maximum Gasteiger partial charge on any atom is 0.416 e. The van der Waals surface area contributed by atoms with Gasteiger partial charge in [0, 0.05) is 5.56 Å². The smallest absolute Gasteiger partial charge is 0.416 e. The topological polar surface area (TPSA) is 55.4 Å². The lowest BCUT2D eigenvalue weighted by molar-refractivity contribution is -0.149. The zero-order valence-corrected chi connectivity index (χ0v) is 12.7. The molecule has 1 aliphatic rings. The van der Waals surface area contributed by atoms with Crippen LogP contribution in [0.1, 0.15) is 48.0 Å². The molecule has 1 aromatic rings. The maximum atomic E-state index is 12.7. The van der Waals surface area contributed by atoms with Crippen LogP contribution < -0.4 is 5.32 Å². The fourth-order valence-electron chi connectivity index (χ4n) is 2.86. The summed E-state index contributed by atoms with van der Waals surface area (Å²) in [6, 6.07) is 4.14. The van der Waals surface area contributed by atoms with E-state index in [4.69, 9.17) is 4.74 Å². The molecular weight excluding hydrogens is 311 g/mol. The van der Waals surface area contributed by atoms with Crippen LogP contribution in [0.4, 0.5) is 13.2 Å². The summed E-state index contributed by atoms with van der Waals surface area (Å²) in [5.74, 6) is -1.26. The molecule has 0 radical (unpaired) electrons. The van der Waals surface area contributed by atoms with Crippen LogP contribution in [0.3, 0.4) is 0 Å². The summed E-state index contributed by atoms with van der Waals surface area (Å²) < 4.78 is 43.0. The molecule has 0 saturated heterocycles. The van der Waals surface area contributed by atoms with E-state index in [1.807, 2.05) is 0 Å². The molecule has 23 heavy (non-hydrogen) atoms. The van der Waals surface area contributed by atoms with Crippen molar-refractivity contribution in [2.45, 2.75) is 43.8 Å². The quantitative estimate of drug-likeness (QED) is 0.866. The average molecular weight is 329 g/mol. The molecule has 1 aromatic carbocycles. The van der Waals surface area contributed by atoms with Crippen molar-refractivity contribution in [2.75, 3.05) is 7.11 Å². The molecule has 2 rings (SSSR count). The number of nitrogens with one attached hydrogen (secondary N) is 1. The maximum absolute atomic E-state index is 12.7. The molecule has 1 saturated carbocycles. The number of alkyl halides is 3. The largest absolute Gasteiger partial charge is 0.467 e. The molecule has 0 unspecified atom stereocenters. The van der Waals surface area contributed by atoms with E-state index in [-0.39, 0.29) is 5.56 Å². The number of hydrogen-bond donors (Lipinski definition) is 1. The van der Waals surface area contributed by atoms with Crippen molar-refractivity contribution in [2.24, 2.45) is 0 Å². The Morgan fingerprint density at radius 3 is 2.39 bits per heavy atom. The first-order valence-electron chi connectivity index (χ1n) is 7.37. The van der Waals surface area contributed by atoms with Gasteiger partial charge in [0.2, 0.25) is 0 Å². The van der Waals surface area contributed by atoms with Crippen LogP contribution in [-0.4, -0.2) is 24.5 Å². The molecule has 1 N–H and O–H groups in total. The highest BCUT2D eigenvalue weighted by Gasteiger charge is 2.42. The third-order valence-electron chi connectivity index (χ3n) is 4.09. The number of hydrogen-bond acceptors (Lipinski definition) is 3. The standard InChI is InChI=1S/C16H18F3NO3/c1-23-14(22)15(8-3-2-4-9-15)20-13(21)11-6-5-7-12(10-11)16(17,18)19/h5-7,10H,2-4,8-9H2,1H3,(H,20,21). The third kappa shape index (κ3) is 3.83. The number of halogens is 3. The second kappa shape index (κ2) is 6.60. The molecule has 126 valence electrons. The predicted molar refractivity (Wildman–Crippen MR) is 76.7 cm³/mol. The van der Waals surface area contributed by atoms with Crippen molar-refractivity contribution in [1.82, 2.24) is 5.32 Å². The number of esters is 1. The molecule has 0 aromatic heterocycles. The fraction of sp³-hybridized carbons (Fsp3) is 0.500. The van der Waals surface area contributed by atoms with Gasteiger partial charge in [0.15, 0.2) is 0 Å². The zero-order chi connectivity index (χ0) is 17.1. The first-order chi connectivity index (χ1) is 10.8. The number of rotatable bonds is 3. The van der Waals surface area contributed by atoms with Crippen LogP contribution in [0.2, 0.25) is 0 Å². The van der Waals surface area contributed by atoms with Crippen LogP contribution >= 0.6 is 0 Å². The summed E-state index contributed by atoms with van der Waals surface area (Å²) in [4.78, 5) is 24.4. The van der Waals surface area contributed by atoms with Crippen molar-refractivity contribution in [1.29, 1.82) is 0 Å². The molecule has 1 aliphatic carbocycles. The first kappa shape index (κ1) is 17.3. The molecular formula is C16H18F3NO3. The lowest BCUT2D eigenvalue weighted by atomic mass is 9.81. The third-order valence-corrected chi connectivity index (χ3v) is 4.09. The van der Waals surface area contributed by atoms with Gasteiger partial charge in [-0.15, -0.1) is 0 Å². The van der Waals surface area contributed by atoms with Gasteiger partial charge in [-0.1, -0.05) is 25.3 Å². The van der Waals surface area contributed by atoms with Crippen LogP contribution in [0.25, 0.3) is 0 Å². The molecule has 0 spiro atoms. The van der Waals surface area contributed by atoms with Gasteiger partial charge in [0.05, 0.1) is 12.7 Å². The van der Waals surface area contributed by atoms with E-state index in [1.165, 1.54) is 19.2 Å². The highest BCUT2D eigenvalue weighted by Crippen LogP contribution is 2.31. The van der Waals surface area contributed by atoms with Crippen molar-refractivity contribution in [3.05, 3.63) is 35.4 Å². The Bertz CT molecular complexity index is 592. The van der Waals surface area contributed by atoms with E-state index in [1.54, 1.807) is 0 Å². The van der Waals surface area contributed by atoms with Crippen LogP contribution in [0.15, 0.2) is 24.3 Å². The van der Waals surface area contributed by atoms with Crippen molar-refractivity contribution in [3.63, 3.8) is 0 Å². The number of carbonyl (C=O) groups is 2. The van der Waals surface area contributed by atoms with Gasteiger partial charge in [-0.05, 0) is 31.0 Å². The Hall–Kier alpha value is -2.05. The first-order valence-corrected chi connectivity index (χ1v) is 7.37. The fourth-order valence-corrected chi connectivity index (χ4v) is 2.86. The number of methoxy groups -OCH3 is 1. The molecule has 0 atom stereocenters. The number of benzene rings is 1. The normalized spacial score (nSPS) is 17.4. The molecule has 4 nitrogen and oxygen atoms in total. The molecule has 7 heteroatoms. The van der Waals surface area contributed by atoms with Gasteiger partial charge in [-0.2, -0.15) is 13.2 Å². The number of amides is 1. The minimum atomic E-state index is -4.53. The lowest BCUT2D eigenvalue weighted by Crippen LogP contribution is -2.56. The van der Waals surface area contributed by atoms with E-state index in [2.05, 4.69) is 5.32 Å². The highest BCUT2D eigenvalue weighted by molar-refractivity contribution is 5.98.